The van der Waals surface area contributed by atoms with E-state index in [-0.39, 0.29) is 12.0 Å². The van der Waals surface area contributed by atoms with Gasteiger partial charge in [-0.25, -0.2) is 9.97 Å². The van der Waals surface area contributed by atoms with Gasteiger partial charge in [0.05, 0.1) is 13.1 Å². The summed E-state index contributed by atoms with van der Waals surface area (Å²) in [6.07, 6.45) is 0.0773. The predicted molar refractivity (Wildman–Crippen MR) is 85.1 cm³/mol. The first-order chi connectivity index (χ1) is 12.9. The molecule has 0 radical (unpaired) electrons. The Labute approximate surface area is 156 Å². The summed E-state index contributed by atoms with van der Waals surface area (Å²) >= 11 is 0. The van der Waals surface area contributed by atoms with Crippen molar-refractivity contribution in [1.82, 2.24) is 14.9 Å². The molecular formula is C17H19F7N4. The highest BCUT2D eigenvalue weighted by Gasteiger charge is 2.62. The van der Waals surface area contributed by atoms with Gasteiger partial charge in [0, 0.05) is 24.3 Å². The molecule has 0 unspecified atom stereocenters. The third-order valence-corrected chi connectivity index (χ3v) is 5.96. The van der Waals surface area contributed by atoms with Crippen molar-refractivity contribution in [3.05, 3.63) is 17.5 Å². The van der Waals surface area contributed by atoms with Crippen LogP contribution in [0.5, 0.6) is 0 Å². The summed E-state index contributed by atoms with van der Waals surface area (Å²) in [6.45, 7) is -3.36. The second kappa shape index (κ2) is 6.43. The fourth-order valence-electron chi connectivity index (χ4n) is 4.63. The van der Waals surface area contributed by atoms with Crippen LogP contribution >= 0.6 is 0 Å². The number of hydrogen-bond acceptors (Lipinski definition) is 4. The van der Waals surface area contributed by atoms with E-state index >= 15 is 0 Å². The number of nitrogens with zero attached hydrogens (tertiary/aromatic N) is 3. The second-order valence-electron chi connectivity index (χ2n) is 8.04. The lowest BCUT2D eigenvalue weighted by atomic mass is 9.95. The zero-order valence-electron chi connectivity index (χ0n) is 14.7. The van der Waals surface area contributed by atoms with Crippen molar-refractivity contribution in [3.8, 4) is 0 Å². The van der Waals surface area contributed by atoms with E-state index in [1.807, 2.05) is 0 Å². The molecule has 0 aromatic carbocycles. The molecule has 1 aromatic heterocycles. The number of aromatic nitrogens is 2. The van der Waals surface area contributed by atoms with E-state index in [0.717, 1.165) is 31.9 Å². The van der Waals surface area contributed by atoms with Crippen LogP contribution in [0.1, 0.15) is 36.9 Å². The van der Waals surface area contributed by atoms with Crippen molar-refractivity contribution in [3.63, 3.8) is 0 Å². The van der Waals surface area contributed by atoms with Gasteiger partial charge in [-0.2, -0.15) is 30.7 Å². The third kappa shape index (κ3) is 3.53. The zero-order chi connectivity index (χ0) is 20.3. The summed E-state index contributed by atoms with van der Waals surface area (Å²) < 4.78 is 93.6. The Balaban J connectivity index is 1.53. The van der Waals surface area contributed by atoms with Crippen LogP contribution in [0.3, 0.4) is 0 Å². The number of halogens is 7. The van der Waals surface area contributed by atoms with E-state index in [9.17, 15) is 30.7 Å². The highest BCUT2D eigenvalue weighted by Crippen LogP contribution is 2.45. The van der Waals surface area contributed by atoms with Crippen molar-refractivity contribution in [2.75, 3.05) is 18.4 Å². The first kappa shape index (κ1) is 19.7. The molecule has 3 fully saturated rings. The number of nitrogens with one attached hydrogen (secondary N) is 1. The molecule has 1 aliphatic heterocycles. The molecule has 3 atom stereocenters. The molecule has 2 bridgehead atoms. The second-order valence-corrected chi connectivity index (χ2v) is 8.04. The van der Waals surface area contributed by atoms with Gasteiger partial charge in [0.1, 0.15) is 0 Å². The Morgan fingerprint density at radius 1 is 1.07 bits per heavy atom. The molecule has 1 saturated heterocycles. The van der Waals surface area contributed by atoms with Crippen LogP contribution in [0.4, 0.5) is 36.7 Å². The number of alkyl halides is 7. The average molecular weight is 412 g/mol. The summed E-state index contributed by atoms with van der Waals surface area (Å²) in [5.74, 6) is -7.78. The minimum absolute atomic E-state index is 0.0154. The van der Waals surface area contributed by atoms with Gasteiger partial charge in [-0.05, 0) is 31.1 Å². The molecule has 4 nitrogen and oxygen atoms in total. The highest BCUT2D eigenvalue weighted by molar-refractivity contribution is 5.33. The van der Waals surface area contributed by atoms with Gasteiger partial charge >= 0.3 is 18.0 Å². The molecule has 2 heterocycles. The summed E-state index contributed by atoms with van der Waals surface area (Å²) in [4.78, 5) is 8.04. The maximum atomic E-state index is 13.4. The maximum absolute atomic E-state index is 13.4. The topological polar surface area (TPSA) is 41.1 Å². The van der Waals surface area contributed by atoms with Crippen molar-refractivity contribution in [1.29, 1.82) is 0 Å². The Morgan fingerprint density at radius 2 is 1.75 bits per heavy atom. The van der Waals surface area contributed by atoms with Gasteiger partial charge in [0.15, 0.2) is 5.69 Å². The van der Waals surface area contributed by atoms with Gasteiger partial charge in [-0.3, -0.25) is 4.90 Å². The van der Waals surface area contributed by atoms with Crippen LogP contribution in [0.2, 0.25) is 0 Å². The van der Waals surface area contributed by atoms with Crippen molar-refractivity contribution < 1.29 is 30.7 Å². The molecule has 1 aromatic rings. The molecule has 0 amide bonds. The molecule has 4 rings (SSSR count). The van der Waals surface area contributed by atoms with Crippen LogP contribution in [0, 0.1) is 11.8 Å². The van der Waals surface area contributed by atoms with Crippen molar-refractivity contribution >= 4 is 5.95 Å². The molecular weight excluding hydrogens is 393 g/mol. The molecule has 2 saturated carbocycles. The van der Waals surface area contributed by atoms with Gasteiger partial charge in [0.2, 0.25) is 5.95 Å². The molecule has 156 valence electrons. The van der Waals surface area contributed by atoms with Gasteiger partial charge in [0.25, 0.3) is 0 Å². The number of fused-ring (bicyclic) bond motifs is 2. The lowest BCUT2D eigenvalue weighted by Gasteiger charge is -2.24. The van der Waals surface area contributed by atoms with Crippen molar-refractivity contribution in [2.45, 2.75) is 56.3 Å². The zero-order valence-corrected chi connectivity index (χ0v) is 14.7. The number of likely N-dealkylation sites (tertiary alicyclic amines) is 1. The Morgan fingerprint density at radius 3 is 2.29 bits per heavy atom. The minimum atomic E-state index is -4.85. The van der Waals surface area contributed by atoms with E-state index in [1.165, 1.54) is 0 Å². The van der Waals surface area contributed by atoms with E-state index in [2.05, 4.69) is 15.3 Å². The lowest BCUT2D eigenvalue weighted by Crippen LogP contribution is -2.38. The normalized spacial score (nSPS) is 31.5. The number of rotatable bonds is 4. The molecule has 0 spiro atoms. The lowest BCUT2D eigenvalue weighted by molar-refractivity contribution is -0.172. The third-order valence-electron chi connectivity index (χ3n) is 5.96. The fourth-order valence-corrected chi connectivity index (χ4v) is 4.63. The fraction of sp³-hybridized carbons (Fsp3) is 0.765. The summed E-state index contributed by atoms with van der Waals surface area (Å²) in [6, 6.07) is 0.0154. The molecule has 1 N–H and O–H groups in total. The Kier molecular flexibility index (Phi) is 4.51. The SMILES string of the molecule is FC(F)(F)c1nc(N[C@@H]2C[C@@H]3CC[C@H]2C3)ncc1CN1CC(F)(F)C(F)(F)C1. The number of hydrogen-bond donors (Lipinski definition) is 1. The quantitative estimate of drug-likeness (QED) is 0.754. The van der Waals surface area contributed by atoms with E-state index < -0.39 is 48.9 Å². The first-order valence-electron chi connectivity index (χ1n) is 9.12. The summed E-state index contributed by atoms with van der Waals surface area (Å²) in [7, 11) is 0. The van der Waals surface area contributed by atoms with Gasteiger partial charge in [-0.1, -0.05) is 6.42 Å². The van der Waals surface area contributed by atoms with E-state index in [4.69, 9.17) is 0 Å². The van der Waals surface area contributed by atoms with E-state index in [0.29, 0.717) is 16.7 Å². The summed E-state index contributed by atoms with van der Waals surface area (Å²) in [5, 5.41) is 2.96. The number of anilines is 1. The minimum Gasteiger partial charge on any atom is -0.351 e. The predicted octanol–water partition coefficient (Wildman–Crippen LogP) is 4.18. The van der Waals surface area contributed by atoms with Crippen LogP contribution in [-0.4, -0.2) is 45.8 Å². The van der Waals surface area contributed by atoms with Crippen LogP contribution in [-0.2, 0) is 12.7 Å². The largest absolute Gasteiger partial charge is 0.433 e. The molecule has 28 heavy (non-hydrogen) atoms. The molecule has 2 aliphatic carbocycles. The summed E-state index contributed by atoms with van der Waals surface area (Å²) in [5.41, 5.74) is -1.79. The Hall–Kier alpha value is -1.65. The smallest absolute Gasteiger partial charge is 0.351 e. The standard InChI is InChI=1S/C17H19F7N4/c18-15(19)7-28(8-16(15,20)21)6-11-5-25-14(27-13(11)17(22,23)24)26-12-4-9-1-2-10(12)3-9/h5,9-10,12H,1-4,6-8H2,(H,25,26,27)/t9-,10+,12-/m1/s1. The first-order valence-corrected chi connectivity index (χ1v) is 9.12. The van der Waals surface area contributed by atoms with Crippen LogP contribution in [0.25, 0.3) is 0 Å². The van der Waals surface area contributed by atoms with Gasteiger partial charge in [-0.15, -0.1) is 0 Å². The average Bonchev–Trinajstić information content (AvgIpc) is 3.21. The molecule has 3 aliphatic rings. The van der Waals surface area contributed by atoms with Crippen LogP contribution in [0.15, 0.2) is 6.20 Å². The van der Waals surface area contributed by atoms with Crippen molar-refractivity contribution in [2.24, 2.45) is 11.8 Å². The van der Waals surface area contributed by atoms with E-state index in [1.54, 1.807) is 0 Å². The molecule has 11 heteroatoms. The highest BCUT2D eigenvalue weighted by atomic mass is 19.4. The monoisotopic (exact) mass is 412 g/mol. The maximum Gasteiger partial charge on any atom is 0.433 e. The van der Waals surface area contributed by atoms with Crippen LogP contribution < -0.4 is 5.32 Å². The van der Waals surface area contributed by atoms with Gasteiger partial charge < -0.3 is 5.32 Å². The Bertz CT molecular complexity index is 736.